The van der Waals surface area contributed by atoms with Crippen LogP contribution in [0.2, 0.25) is 0 Å². The van der Waals surface area contributed by atoms with E-state index < -0.39 is 5.97 Å². The van der Waals surface area contributed by atoms with E-state index in [1.165, 1.54) is 0 Å². The van der Waals surface area contributed by atoms with E-state index in [1.807, 2.05) is 6.92 Å². The van der Waals surface area contributed by atoms with Gasteiger partial charge in [0.1, 0.15) is 0 Å². The first-order chi connectivity index (χ1) is 8.20. The number of hydrogen-bond donors (Lipinski definition) is 1. The fourth-order valence-electron chi connectivity index (χ4n) is 1.75. The van der Waals surface area contributed by atoms with Crippen LogP contribution in [0.4, 0.5) is 0 Å². The van der Waals surface area contributed by atoms with Crippen LogP contribution in [-0.4, -0.2) is 49.7 Å². The number of aliphatic carboxylic acids is 1. The zero-order chi connectivity index (χ0) is 12.3. The zero-order valence-electron chi connectivity index (χ0n) is 9.44. The second-order valence-corrected chi connectivity index (χ2v) is 4.73. The normalized spacial score (nSPS) is 23.4. The molecule has 0 saturated heterocycles. The van der Waals surface area contributed by atoms with Gasteiger partial charge in [0.25, 0.3) is 0 Å². The SMILES string of the molecule is CCOC1CC(n2nnnc2SCC(=O)O)C1. The minimum Gasteiger partial charge on any atom is -0.481 e. The molecule has 2 rings (SSSR count). The summed E-state index contributed by atoms with van der Waals surface area (Å²) in [6, 6.07) is 0.234. The Labute approximate surface area is 103 Å². The van der Waals surface area contributed by atoms with Crippen LogP contribution in [0.15, 0.2) is 5.16 Å². The molecule has 1 aliphatic carbocycles. The quantitative estimate of drug-likeness (QED) is 0.747. The summed E-state index contributed by atoms with van der Waals surface area (Å²) in [6.45, 7) is 2.69. The van der Waals surface area contributed by atoms with E-state index >= 15 is 0 Å². The first kappa shape index (κ1) is 12.3. The molecule has 1 aromatic rings. The predicted octanol–water partition coefficient (Wildman–Crippen LogP) is 0.590. The molecular weight excluding hydrogens is 244 g/mol. The molecule has 94 valence electrons. The molecule has 0 bridgehead atoms. The van der Waals surface area contributed by atoms with Gasteiger partial charge in [0.2, 0.25) is 5.16 Å². The Bertz CT molecular complexity index is 391. The van der Waals surface area contributed by atoms with Crippen LogP contribution in [-0.2, 0) is 9.53 Å². The average Bonchev–Trinajstić information content (AvgIpc) is 2.67. The molecule has 1 aromatic heterocycles. The Morgan fingerprint density at radius 3 is 3.06 bits per heavy atom. The fraction of sp³-hybridized carbons (Fsp3) is 0.778. The topological polar surface area (TPSA) is 90.1 Å². The van der Waals surface area contributed by atoms with Crippen LogP contribution >= 0.6 is 11.8 Å². The largest absolute Gasteiger partial charge is 0.481 e. The molecule has 0 atom stereocenters. The molecule has 1 aliphatic rings. The van der Waals surface area contributed by atoms with Gasteiger partial charge in [-0.05, 0) is 30.2 Å². The maximum absolute atomic E-state index is 10.5. The molecule has 8 heteroatoms. The number of carboxylic acid groups (broad SMARTS) is 1. The molecule has 7 nitrogen and oxygen atoms in total. The Hall–Kier alpha value is -1.15. The van der Waals surface area contributed by atoms with Gasteiger partial charge in [-0.1, -0.05) is 11.8 Å². The summed E-state index contributed by atoms with van der Waals surface area (Å²) < 4.78 is 7.16. The summed E-state index contributed by atoms with van der Waals surface area (Å²) in [5, 5.41) is 20.5. The third-order valence-electron chi connectivity index (χ3n) is 2.61. The van der Waals surface area contributed by atoms with E-state index in [4.69, 9.17) is 9.84 Å². The van der Waals surface area contributed by atoms with Crippen LogP contribution in [0.5, 0.6) is 0 Å². The summed E-state index contributed by atoms with van der Waals surface area (Å²) in [4.78, 5) is 10.5. The van der Waals surface area contributed by atoms with Gasteiger partial charge in [-0.2, -0.15) is 0 Å². The molecule has 0 unspecified atom stereocenters. The molecule has 0 aromatic carbocycles. The maximum atomic E-state index is 10.5. The molecule has 1 saturated carbocycles. The van der Waals surface area contributed by atoms with Gasteiger partial charge in [0.05, 0.1) is 17.9 Å². The van der Waals surface area contributed by atoms with E-state index in [-0.39, 0.29) is 17.9 Å². The van der Waals surface area contributed by atoms with E-state index in [0.717, 1.165) is 24.6 Å². The highest BCUT2D eigenvalue weighted by Crippen LogP contribution is 2.35. The average molecular weight is 258 g/mol. The molecule has 0 amide bonds. The van der Waals surface area contributed by atoms with Crippen molar-refractivity contribution in [1.82, 2.24) is 20.2 Å². The Kier molecular flexibility index (Phi) is 3.95. The monoisotopic (exact) mass is 258 g/mol. The number of carboxylic acids is 1. The van der Waals surface area contributed by atoms with Crippen molar-refractivity contribution in [2.75, 3.05) is 12.4 Å². The Balaban J connectivity index is 1.89. The number of nitrogens with zero attached hydrogens (tertiary/aromatic N) is 4. The molecule has 0 aliphatic heterocycles. The number of aromatic nitrogens is 4. The molecular formula is C9H14N4O3S. The Morgan fingerprint density at radius 2 is 2.41 bits per heavy atom. The van der Waals surface area contributed by atoms with E-state index in [9.17, 15) is 4.79 Å². The summed E-state index contributed by atoms with van der Waals surface area (Å²) >= 11 is 1.14. The van der Waals surface area contributed by atoms with Gasteiger partial charge in [-0.25, -0.2) is 4.68 Å². The first-order valence-corrected chi connectivity index (χ1v) is 6.43. The minimum absolute atomic E-state index is 0.0258. The molecule has 1 fully saturated rings. The van der Waals surface area contributed by atoms with Crippen molar-refractivity contribution in [2.45, 2.75) is 37.1 Å². The lowest BCUT2D eigenvalue weighted by atomic mass is 9.89. The number of tetrazole rings is 1. The van der Waals surface area contributed by atoms with E-state index in [0.29, 0.717) is 11.8 Å². The lowest BCUT2D eigenvalue weighted by molar-refractivity contribution is -0.133. The van der Waals surface area contributed by atoms with Crippen molar-refractivity contribution in [3.63, 3.8) is 0 Å². The van der Waals surface area contributed by atoms with Crippen molar-refractivity contribution < 1.29 is 14.6 Å². The number of rotatable bonds is 6. The highest BCUT2D eigenvalue weighted by molar-refractivity contribution is 7.99. The highest BCUT2D eigenvalue weighted by atomic mass is 32.2. The van der Waals surface area contributed by atoms with E-state index in [1.54, 1.807) is 4.68 Å². The van der Waals surface area contributed by atoms with Crippen LogP contribution in [0.25, 0.3) is 0 Å². The van der Waals surface area contributed by atoms with Crippen LogP contribution in [0.1, 0.15) is 25.8 Å². The molecule has 1 N–H and O–H groups in total. The van der Waals surface area contributed by atoms with Crippen molar-refractivity contribution >= 4 is 17.7 Å². The van der Waals surface area contributed by atoms with Crippen LogP contribution in [0, 0.1) is 0 Å². The van der Waals surface area contributed by atoms with Crippen molar-refractivity contribution in [3.05, 3.63) is 0 Å². The summed E-state index contributed by atoms with van der Waals surface area (Å²) in [5.74, 6) is -0.896. The second kappa shape index (κ2) is 5.46. The zero-order valence-corrected chi connectivity index (χ0v) is 10.3. The smallest absolute Gasteiger partial charge is 0.313 e. The Morgan fingerprint density at radius 1 is 1.65 bits per heavy atom. The van der Waals surface area contributed by atoms with Gasteiger partial charge in [0.15, 0.2) is 0 Å². The third-order valence-corrected chi connectivity index (χ3v) is 3.52. The van der Waals surface area contributed by atoms with Crippen LogP contribution < -0.4 is 0 Å². The highest BCUT2D eigenvalue weighted by Gasteiger charge is 2.33. The molecule has 17 heavy (non-hydrogen) atoms. The summed E-state index contributed by atoms with van der Waals surface area (Å²) in [5.41, 5.74) is 0. The minimum atomic E-state index is -0.870. The van der Waals surface area contributed by atoms with Crippen molar-refractivity contribution in [3.8, 4) is 0 Å². The molecule has 1 heterocycles. The van der Waals surface area contributed by atoms with Crippen molar-refractivity contribution in [1.29, 1.82) is 0 Å². The van der Waals surface area contributed by atoms with Crippen molar-refractivity contribution in [2.24, 2.45) is 0 Å². The summed E-state index contributed by atoms with van der Waals surface area (Å²) in [7, 11) is 0. The van der Waals surface area contributed by atoms with E-state index in [2.05, 4.69) is 15.5 Å². The van der Waals surface area contributed by atoms with Gasteiger partial charge in [-0.3, -0.25) is 4.79 Å². The van der Waals surface area contributed by atoms with Crippen LogP contribution in [0.3, 0.4) is 0 Å². The standard InChI is InChI=1S/C9H14N4O3S/c1-2-16-7-3-6(4-7)13-9(10-11-12-13)17-5-8(14)15/h6-7H,2-5H2,1H3,(H,14,15). The number of ether oxygens (including phenoxy) is 1. The van der Waals surface area contributed by atoms with Gasteiger partial charge in [0, 0.05) is 6.61 Å². The molecule has 0 spiro atoms. The molecule has 0 radical (unpaired) electrons. The third kappa shape index (κ3) is 2.95. The van der Waals surface area contributed by atoms with Gasteiger partial charge in [-0.15, -0.1) is 5.10 Å². The second-order valence-electron chi connectivity index (χ2n) is 3.79. The lowest BCUT2D eigenvalue weighted by Crippen LogP contribution is -2.34. The lowest BCUT2D eigenvalue weighted by Gasteiger charge is -2.34. The van der Waals surface area contributed by atoms with Gasteiger partial charge >= 0.3 is 5.97 Å². The van der Waals surface area contributed by atoms with Gasteiger partial charge < -0.3 is 9.84 Å². The number of carbonyl (C=O) groups is 1. The number of thioether (sulfide) groups is 1. The summed E-state index contributed by atoms with van der Waals surface area (Å²) in [6.07, 6.45) is 2.06. The first-order valence-electron chi connectivity index (χ1n) is 5.44. The maximum Gasteiger partial charge on any atom is 0.313 e. The number of hydrogen-bond acceptors (Lipinski definition) is 6. The fourth-order valence-corrected chi connectivity index (χ4v) is 2.41. The predicted molar refractivity (Wildman–Crippen MR) is 59.9 cm³/mol.